The summed E-state index contributed by atoms with van der Waals surface area (Å²) in [5.41, 5.74) is 6.55. The minimum absolute atomic E-state index is 0.0841. The first-order valence-corrected chi connectivity index (χ1v) is 8.37. The fraction of sp³-hybridized carbons (Fsp3) is 0.143. The van der Waals surface area contributed by atoms with E-state index in [0.29, 0.717) is 0 Å². The Morgan fingerprint density at radius 1 is 0.833 bits per heavy atom. The molecule has 2 aromatic carbocycles. The van der Waals surface area contributed by atoms with Crippen LogP contribution in [0.2, 0.25) is 0 Å². The lowest BCUT2D eigenvalue weighted by Crippen LogP contribution is -2.18. The van der Waals surface area contributed by atoms with Crippen LogP contribution in [0.15, 0.2) is 79.1 Å². The van der Waals surface area contributed by atoms with Gasteiger partial charge in [0, 0.05) is 23.7 Å². The summed E-state index contributed by atoms with van der Waals surface area (Å²) in [6.45, 7) is 0. The molecule has 1 atom stereocenters. The van der Waals surface area contributed by atoms with Crippen LogP contribution in [0.4, 0.5) is 5.69 Å². The van der Waals surface area contributed by atoms with Crippen LogP contribution in [0.5, 0.6) is 0 Å². The SMILES string of the molecule is C1=CN(c2ccccc2)OC1n1ccc2c1CCc1ccccc1-2. The van der Waals surface area contributed by atoms with Crippen molar-refractivity contribution in [3.63, 3.8) is 0 Å². The minimum Gasteiger partial charge on any atom is -0.320 e. The quantitative estimate of drug-likeness (QED) is 0.681. The Hall–Kier alpha value is -2.78. The van der Waals surface area contributed by atoms with Crippen molar-refractivity contribution in [1.82, 2.24) is 4.57 Å². The highest BCUT2D eigenvalue weighted by atomic mass is 16.7. The van der Waals surface area contributed by atoms with E-state index < -0.39 is 0 Å². The Morgan fingerprint density at radius 2 is 1.67 bits per heavy atom. The Morgan fingerprint density at radius 3 is 2.58 bits per heavy atom. The maximum absolute atomic E-state index is 6.13. The smallest absolute Gasteiger partial charge is 0.182 e. The van der Waals surface area contributed by atoms with Crippen LogP contribution in [0, 0.1) is 0 Å². The third-order valence-corrected chi connectivity index (χ3v) is 4.86. The normalized spacial score (nSPS) is 18.5. The first-order chi connectivity index (χ1) is 11.9. The number of fused-ring (bicyclic) bond motifs is 3. The number of anilines is 1. The van der Waals surface area contributed by atoms with E-state index in [1.54, 1.807) is 0 Å². The number of rotatable bonds is 2. The first-order valence-electron chi connectivity index (χ1n) is 8.37. The standard InChI is InChI=1S/C21H18N2O/c1-2-7-17(8-3-1)23-15-13-21(24-23)22-14-12-19-18-9-5-4-6-16(18)10-11-20(19)22/h1-9,12-15,21H,10-11H2. The largest absolute Gasteiger partial charge is 0.320 e. The molecule has 1 unspecified atom stereocenters. The van der Waals surface area contributed by atoms with Gasteiger partial charge >= 0.3 is 0 Å². The van der Waals surface area contributed by atoms with Crippen molar-refractivity contribution in [3.05, 3.63) is 90.4 Å². The van der Waals surface area contributed by atoms with Gasteiger partial charge in [-0.05, 0) is 48.2 Å². The van der Waals surface area contributed by atoms with Crippen LogP contribution >= 0.6 is 0 Å². The fourth-order valence-electron chi connectivity index (χ4n) is 3.69. The lowest BCUT2D eigenvalue weighted by atomic mass is 9.90. The number of benzene rings is 2. The van der Waals surface area contributed by atoms with Gasteiger partial charge in [-0.15, -0.1) is 0 Å². The van der Waals surface area contributed by atoms with Crippen molar-refractivity contribution in [2.75, 3.05) is 5.06 Å². The predicted molar refractivity (Wildman–Crippen MR) is 95.5 cm³/mol. The predicted octanol–water partition coefficient (Wildman–Crippen LogP) is 4.72. The van der Waals surface area contributed by atoms with Gasteiger partial charge in [0.2, 0.25) is 0 Å². The zero-order chi connectivity index (χ0) is 15.9. The molecular weight excluding hydrogens is 296 g/mol. The van der Waals surface area contributed by atoms with Gasteiger partial charge in [-0.1, -0.05) is 42.5 Å². The molecule has 1 aromatic heterocycles. The van der Waals surface area contributed by atoms with E-state index in [-0.39, 0.29) is 6.23 Å². The molecule has 2 aliphatic rings. The van der Waals surface area contributed by atoms with Crippen LogP contribution < -0.4 is 5.06 Å². The van der Waals surface area contributed by atoms with Crippen LogP contribution in [-0.4, -0.2) is 4.57 Å². The Balaban J connectivity index is 1.47. The van der Waals surface area contributed by atoms with E-state index in [4.69, 9.17) is 4.84 Å². The molecule has 5 rings (SSSR count). The second kappa shape index (κ2) is 5.39. The molecule has 1 aliphatic carbocycles. The summed E-state index contributed by atoms with van der Waals surface area (Å²) < 4.78 is 2.25. The molecular formula is C21H18N2O. The van der Waals surface area contributed by atoms with Gasteiger partial charge in [0.05, 0.1) is 5.69 Å². The van der Waals surface area contributed by atoms with Gasteiger partial charge in [0.15, 0.2) is 6.23 Å². The highest BCUT2D eigenvalue weighted by Gasteiger charge is 2.25. The van der Waals surface area contributed by atoms with Crippen LogP contribution in [0.1, 0.15) is 17.5 Å². The van der Waals surface area contributed by atoms with Crippen molar-refractivity contribution >= 4 is 5.69 Å². The third-order valence-electron chi connectivity index (χ3n) is 4.86. The topological polar surface area (TPSA) is 17.4 Å². The second-order valence-electron chi connectivity index (χ2n) is 6.24. The molecule has 0 bridgehead atoms. The number of aromatic nitrogens is 1. The van der Waals surface area contributed by atoms with Crippen molar-refractivity contribution in [2.24, 2.45) is 0 Å². The number of hydrogen-bond donors (Lipinski definition) is 0. The molecule has 0 amide bonds. The highest BCUT2D eigenvalue weighted by molar-refractivity contribution is 5.72. The first kappa shape index (κ1) is 13.6. The zero-order valence-corrected chi connectivity index (χ0v) is 13.3. The lowest BCUT2D eigenvalue weighted by Gasteiger charge is -2.23. The molecule has 0 saturated carbocycles. The third kappa shape index (κ3) is 2.09. The number of hydroxylamine groups is 1. The Kier molecular flexibility index (Phi) is 3.06. The van der Waals surface area contributed by atoms with Crippen molar-refractivity contribution < 1.29 is 4.84 Å². The summed E-state index contributed by atoms with van der Waals surface area (Å²) in [6, 6.07) is 21.1. The summed E-state index contributed by atoms with van der Waals surface area (Å²) in [7, 11) is 0. The molecule has 0 N–H and O–H groups in total. The Bertz CT molecular complexity index is 911. The number of aryl methyl sites for hydroxylation is 1. The molecule has 0 radical (unpaired) electrons. The van der Waals surface area contributed by atoms with Crippen molar-refractivity contribution in [2.45, 2.75) is 19.1 Å². The van der Waals surface area contributed by atoms with Gasteiger partial charge in [0.25, 0.3) is 0 Å². The van der Waals surface area contributed by atoms with Gasteiger partial charge in [0.1, 0.15) is 0 Å². The second-order valence-corrected chi connectivity index (χ2v) is 6.24. The monoisotopic (exact) mass is 314 g/mol. The zero-order valence-electron chi connectivity index (χ0n) is 13.3. The molecule has 0 fully saturated rings. The number of para-hydroxylation sites is 1. The summed E-state index contributed by atoms with van der Waals surface area (Å²) in [5, 5.41) is 1.84. The average Bonchev–Trinajstić information content (AvgIpc) is 3.29. The summed E-state index contributed by atoms with van der Waals surface area (Å²) in [5.74, 6) is 0. The number of hydrogen-bond acceptors (Lipinski definition) is 2. The fourth-order valence-corrected chi connectivity index (χ4v) is 3.69. The number of nitrogens with zero attached hydrogens (tertiary/aromatic N) is 2. The maximum atomic E-state index is 6.13. The van der Waals surface area contributed by atoms with Crippen molar-refractivity contribution in [1.29, 1.82) is 0 Å². The summed E-state index contributed by atoms with van der Waals surface area (Å²) in [6.07, 6.45) is 8.32. The molecule has 2 heterocycles. The molecule has 1 aliphatic heterocycles. The van der Waals surface area contributed by atoms with Gasteiger partial charge < -0.3 is 4.57 Å². The molecule has 3 nitrogen and oxygen atoms in total. The van der Waals surface area contributed by atoms with E-state index in [1.807, 2.05) is 41.6 Å². The van der Waals surface area contributed by atoms with Crippen LogP contribution in [-0.2, 0) is 17.7 Å². The van der Waals surface area contributed by atoms with E-state index >= 15 is 0 Å². The molecule has 24 heavy (non-hydrogen) atoms. The van der Waals surface area contributed by atoms with Crippen LogP contribution in [0.3, 0.4) is 0 Å². The van der Waals surface area contributed by atoms with E-state index in [0.717, 1.165) is 18.5 Å². The molecule has 0 spiro atoms. The van der Waals surface area contributed by atoms with Gasteiger partial charge in [-0.3, -0.25) is 0 Å². The molecule has 3 aromatic rings. The molecule has 0 saturated heterocycles. The minimum atomic E-state index is -0.0841. The lowest BCUT2D eigenvalue weighted by molar-refractivity contribution is 0.0523. The highest BCUT2D eigenvalue weighted by Crippen LogP contribution is 2.37. The van der Waals surface area contributed by atoms with Gasteiger partial charge in [-0.25, -0.2) is 9.90 Å². The van der Waals surface area contributed by atoms with Crippen molar-refractivity contribution in [3.8, 4) is 11.1 Å². The molecule has 3 heteroatoms. The van der Waals surface area contributed by atoms with E-state index in [1.165, 1.54) is 22.4 Å². The van der Waals surface area contributed by atoms with E-state index in [9.17, 15) is 0 Å². The summed E-state index contributed by atoms with van der Waals surface area (Å²) in [4.78, 5) is 6.13. The molecule has 118 valence electrons. The maximum Gasteiger partial charge on any atom is 0.182 e. The van der Waals surface area contributed by atoms with Gasteiger partial charge in [-0.2, -0.15) is 0 Å². The van der Waals surface area contributed by atoms with E-state index in [2.05, 4.69) is 47.2 Å². The van der Waals surface area contributed by atoms with Crippen LogP contribution in [0.25, 0.3) is 11.1 Å². The summed E-state index contributed by atoms with van der Waals surface area (Å²) >= 11 is 0. The average molecular weight is 314 g/mol. The Labute approximate surface area is 141 Å².